The molecule has 8 heteroatoms. The lowest BCUT2D eigenvalue weighted by Gasteiger charge is -2.19. The van der Waals surface area contributed by atoms with Gasteiger partial charge >= 0.3 is 11.9 Å². The van der Waals surface area contributed by atoms with Gasteiger partial charge in [0.05, 0.1) is 12.3 Å². The summed E-state index contributed by atoms with van der Waals surface area (Å²) in [6, 6.07) is 13.6. The quantitative estimate of drug-likeness (QED) is 0.649. The first-order valence-corrected chi connectivity index (χ1v) is 8.74. The number of ether oxygens (including phenoxy) is 1. The Kier molecular flexibility index (Phi) is 10.5. The number of aliphatic carboxylic acids is 2. The Morgan fingerprint density at radius 3 is 2.18 bits per heavy atom. The van der Waals surface area contributed by atoms with E-state index in [4.69, 9.17) is 26.6 Å². The molecule has 0 fully saturated rings. The molecule has 150 valence electrons. The van der Waals surface area contributed by atoms with Crippen LogP contribution in [-0.4, -0.2) is 59.3 Å². The normalized spacial score (nSPS) is 11.7. The van der Waals surface area contributed by atoms with Crippen molar-refractivity contribution < 1.29 is 24.5 Å². The van der Waals surface area contributed by atoms with Crippen molar-refractivity contribution in [2.75, 3.05) is 27.2 Å². The molecule has 1 aromatic carbocycles. The Hall–Kier alpha value is -2.74. The molecule has 0 saturated carbocycles. The van der Waals surface area contributed by atoms with Crippen LogP contribution < -0.4 is 0 Å². The zero-order chi connectivity index (χ0) is 20.9. The van der Waals surface area contributed by atoms with Crippen LogP contribution in [0.1, 0.15) is 17.4 Å². The second kappa shape index (κ2) is 12.6. The van der Waals surface area contributed by atoms with Crippen LogP contribution in [0.3, 0.4) is 0 Å². The van der Waals surface area contributed by atoms with Crippen molar-refractivity contribution in [3.05, 3.63) is 77.1 Å². The molecule has 0 spiro atoms. The molecule has 1 heterocycles. The lowest BCUT2D eigenvalue weighted by Crippen LogP contribution is -2.20. The Morgan fingerprint density at radius 2 is 1.71 bits per heavy atom. The molecule has 0 saturated heterocycles. The summed E-state index contributed by atoms with van der Waals surface area (Å²) in [6.45, 7) is 1.52. The topological polar surface area (TPSA) is 100.0 Å². The first-order valence-electron chi connectivity index (χ1n) is 8.36. The predicted molar refractivity (Wildman–Crippen MR) is 106 cm³/mol. The van der Waals surface area contributed by atoms with Crippen molar-refractivity contribution in [2.24, 2.45) is 0 Å². The number of hydrogen-bond donors (Lipinski definition) is 2. The predicted octanol–water partition coefficient (Wildman–Crippen LogP) is 3.11. The average molecular weight is 407 g/mol. The Labute approximate surface area is 168 Å². The number of benzene rings is 1. The molecular formula is C20H23ClN2O5. The number of carboxylic acid groups (broad SMARTS) is 2. The van der Waals surface area contributed by atoms with E-state index in [0.29, 0.717) is 18.8 Å². The van der Waals surface area contributed by atoms with Crippen molar-refractivity contribution >= 4 is 23.5 Å². The summed E-state index contributed by atoms with van der Waals surface area (Å²) in [5, 5.41) is 16.3. The monoisotopic (exact) mass is 406 g/mol. The third kappa shape index (κ3) is 9.82. The Balaban J connectivity index is 0.000000416. The lowest BCUT2D eigenvalue weighted by molar-refractivity contribution is -0.134. The number of likely N-dealkylation sites (N-methyl/N-ethyl adjacent to an activating group) is 1. The number of nitrogens with zero attached hydrogens (tertiary/aromatic N) is 2. The minimum absolute atomic E-state index is 0.159. The SMILES string of the molecule is CN(C)CCOC(c1ccc(Cl)cc1)c1ccccn1.O=C(O)/C=C/C(=O)O. The fourth-order valence-corrected chi connectivity index (χ4v) is 2.14. The van der Waals surface area contributed by atoms with E-state index < -0.39 is 11.9 Å². The van der Waals surface area contributed by atoms with Crippen molar-refractivity contribution in [2.45, 2.75) is 6.10 Å². The molecule has 0 aliphatic carbocycles. The zero-order valence-electron chi connectivity index (χ0n) is 15.7. The van der Waals surface area contributed by atoms with Gasteiger partial charge in [0.1, 0.15) is 6.10 Å². The summed E-state index contributed by atoms with van der Waals surface area (Å²) in [5.74, 6) is -2.51. The maximum Gasteiger partial charge on any atom is 0.328 e. The summed E-state index contributed by atoms with van der Waals surface area (Å²) in [7, 11) is 4.06. The zero-order valence-corrected chi connectivity index (χ0v) is 16.4. The maximum atomic E-state index is 9.55. The molecular weight excluding hydrogens is 384 g/mol. The molecule has 2 rings (SSSR count). The summed E-state index contributed by atoms with van der Waals surface area (Å²) in [5.41, 5.74) is 1.97. The van der Waals surface area contributed by atoms with Gasteiger partial charge in [-0.2, -0.15) is 0 Å². The Morgan fingerprint density at radius 1 is 1.11 bits per heavy atom. The highest BCUT2D eigenvalue weighted by Crippen LogP contribution is 2.25. The van der Waals surface area contributed by atoms with E-state index in [1.165, 1.54) is 0 Å². The minimum atomic E-state index is -1.26. The highest BCUT2D eigenvalue weighted by Gasteiger charge is 2.15. The molecule has 7 nitrogen and oxygen atoms in total. The summed E-state index contributed by atoms with van der Waals surface area (Å²) in [4.78, 5) is 25.6. The van der Waals surface area contributed by atoms with Crippen LogP contribution in [0, 0.1) is 0 Å². The second-order valence-corrected chi connectivity index (χ2v) is 6.31. The number of pyridine rings is 1. The van der Waals surface area contributed by atoms with Crippen molar-refractivity contribution in [3.8, 4) is 0 Å². The third-order valence-corrected chi connectivity index (χ3v) is 3.57. The van der Waals surface area contributed by atoms with E-state index >= 15 is 0 Å². The molecule has 1 unspecified atom stereocenters. The van der Waals surface area contributed by atoms with Gasteiger partial charge in [-0.3, -0.25) is 4.98 Å². The number of halogens is 1. The molecule has 0 bridgehead atoms. The summed E-state index contributed by atoms with van der Waals surface area (Å²) < 4.78 is 6.02. The van der Waals surface area contributed by atoms with E-state index in [1.54, 1.807) is 6.20 Å². The highest BCUT2D eigenvalue weighted by molar-refractivity contribution is 6.30. The smallest absolute Gasteiger partial charge is 0.328 e. The van der Waals surface area contributed by atoms with Gasteiger partial charge in [0, 0.05) is 29.9 Å². The van der Waals surface area contributed by atoms with Crippen LogP contribution >= 0.6 is 11.6 Å². The number of aromatic nitrogens is 1. The molecule has 0 aliphatic heterocycles. The van der Waals surface area contributed by atoms with E-state index in [2.05, 4.69) is 9.88 Å². The van der Waals surface area contributed by atoms with Crippen LogP contribution in [-0.2, 0) is 14.3 Å². The average Bonchev–Trinajstić information content (AvgIpc) is 2.65. The minimum Gasteiger partial charge on any atom is -0.478 e. The van der Waals surface area contributed by atoms with Crippen LogP contribution in [0.5, 0.6) is 0 Å². The molecule has 2 aromatic rings. The number of carboxylic acids is 2. The van der Waals surface area contributed by atoms with Gasteiger partial charge in [-0.25, -0.2) is 9.59 Å². The third-order valence-electron chi connectivity index (χ3n) is 3.32. The summed E-state index contributed by atoms with van der Waals surface area (Å²) in [6.07, 6.45) is 2.74. The van der Waals surface area contributed by atoms with Crippen LogP contribution in [0.4, 0.5) is 0 Å². The van der Waals surface area contributed by atoms with E-state index in [1.807, 2.05) is 56.6 Å². The number of carbonyl (C=O) groups is 2. The maximum absolute atomic E-state index is 9.55. The number of rotatable bonds is 8. The Bertz CT molecular complexity index is 748. The standard InChI is InChI=1S/C16H19ClN2O.C4H4O4/c1-19(2)11-12-20-16(15-5-3-4-10-18-15)13-6-8-14(17)9-7-13;5-3(6)1-2-4(7)8/h3-10,16H,11-12H2,1-2H3;1-2H,(H,5,6)(H,7,8)/b;2-1+. The fourth-order valence-electron chi connectivity index (χ4n) is 2.02. The summed E-state index contributed by atoms with van der Waals surface area (Å²) >= 11 is 5.95. The molecule has 1 atom stereocenters. The fraction of sp³-hybridized carbons (Fsp3) is 0.250. The van der Waals surface area contributed by atoms with Crippen LogP contribution in [0.2, 0.25) is 5.02 Å². The van der Waals surface area contributed by atoms with Gasteiger partial charge in [0.25, 0.3) is 0 Å². The van der Waals surface area contributed by atoms with Crippen LogP contribution in [0.25, 0.3) is 0 Å². The van der Waals surface area contributed by atoms with Gasteiger partial charge in [0.15, 0.2) is 0 Å². The lowest BCUT2D eigenvalue weighted by atomic mass is 10.1. The van der Waals surface area contributed by atoms with E-state index in [9.17, 15) is 9.59 Å². The van der Waals surface area contributed by atoms with Crippen LogP contribution in [0.15, 0.2) is 60.8 Å². The molecule has 2 N–H and O–H groups in total. The largest absolute Gasteiger partial charge is 0.478 e. The van der Waals surface area contributed by atoms with Crippen molar-refractivity contribution in [3.63, 3.8) is 0 Å². The molecule has 0 aliphatic rings. The van der Waals surface area contributed by atoms with E-state index in [-0.39, 0.29) is 6.10 Å². The molecule has 1 aromatic heterocycles. The first kappa shape index (κ1) is 23.3. The number of hydrogen-bond acceptors (Lipinski definition) is 5. The van der Waals surface area contributed by atoms with Gasteiger partial charge in [0.2, 0.25) is 0 Å². The first-order chi connectivity index (χ1) is 13.3. The molecule has 0 radical (unpaired) electrons. The molecule has 0 amide bonds. The van der Waals surface area contributed by atoms with Gasteiger partial charge in [-0.15, -0.1) is 0 Å². The second-order valence-electron chi connectivity index (χ2n) is 5.87. The highest BCUT2D eigenvalue weighted by atomic mass is 35.5. The van der Waals surface area contributed by atoms with Gasteiger partial charge in [-0.05, 0) is 43.9 Å². The van der Waals surface area contributed by atoms with Gasteiger partial charge < -0.3 is 19.8 Å². The van der Waals surface area contributed by atoms with Crippen molar-refractivity contribution in [1.29, 1.82) is 0 Å². The van der Waals surface area contributed by atoms with E-state index in [0.717, 1.165) is 22.8 Å². The molecule has 28 heavy (non-hydrogen) atoms. The van der Waals surface area contributed by atoms with Gasteiger partial charge in [-0.1, -0.05) is 29.8 Å². The van der Waals surface area contributed by atoms with Crippen molar-refractivity contribution in [1.82, 2.24) is 9.88 Å².